The van der Waals surface area contributed by atoms with Crippen LogP contribution in [0.15, 0.2) is 78.9 Å². The van der Waals surface area contributed by atoms with Gasteiger partial charge in [-0.05, 0) is 35.7 Å². The standard InChI is InChI=1S/C25H23N3O2S/c1-2-9-22(29)28-25-27-20-15-14-19(16-21(20)31-25)26-24(30)23(17-10-5-3-6-11-17)18-12-7-4-8-13-18/h3-8,10-16,23H,2,9H2,1H3,(H,26,30)(H,27,28,29). The van der Waals surface area contributed by atoms with E-state index in [1.165, 1.54) is 11.3 Å². The fourth-order valence-electron chi connectivity index (χ4n) is 3.47. The molecule has 0 unspecified atom stereocenters. The maximum atomic E-state index is 13.3. The second-order valence-corrected chi connectivity index (χ2v) is 8.27. The summed E-state index contributed by atoms with van der Waals surface area (Å²) in [5, 5.41) is 6.46. The highest BCUT2D eigenvalue weighted by atomic mass is 32.1. The molecule has 2 amide bonds. The number of fused-ring (bicyclic) bond motifs is 1. The van der Waals surface area contributed by atoms with E-state index in [9.17, 15) is 9.59 Å². The molecule has 0 spiro atoms. The van der Waals surface area contributed by atoms with E-state index in [2.05, 4.69) is 15.6 Å². The molecule has 0 bridgehead atoms. The zero-order chi connectivity index (χ0) is 21.6. The number of aromatic nitrogens is 1. The molecule has 0 aliphatic carbocycles. The second-order valence-electron chi connectivity index (χ2n) is 7.24. The smallest absolute Gasteiger partial charge is 0.236 e. The zero-order valence-corrected chi connectivity index (χ0v) is 18.0. The minimum atomic E-state index is -0.413. The van der Waals surface area contributed by atoms with Gasteiger partial charge in [0.05, 0.1) is 16.1 Å². The molecule has 0 saturated heterocycles. The number of carbonyl (C=O) groups is 2. The third-order valence-electron chi connectivity index (χ3n) is 4.91. The number of nitrogens with one attached hydrogen (secondary N) is 2. The lowest BCUT2D eigenvalue weighted by molar-refractivity contribution is -0.117. The van der Waals surface area contributed by atoms with Crippen molar-refractivity contribution in [3.63, 3.8) is 0 Å². The Balaban J connectivity index is 1.58. The number of hydrogen-bond donors (Lipinski definition) is 2. The molecule has 156 valence electrons. The molecular formula is C25H23N3O2S. The molecule has 4 rings (SSSR count). The Bertz CT molecular complexity index is 1150. The van der Waals surface area contributed by atoms with Gasteiger partial charge in [0.1, 0.15) is 0 Å². The van der Waals surface area contributed by atoms with Gasteiger partial charge in [-0.1, -0.05) is 78.9 Å². The lowest BCUT2D eigenvalue weighted by atomic mass is 9.90. The number of amides is 2. The average molecular weight is 430 g/mol. The number of hydrogen-bond acceptors (Lipinski definition) is 4. The van der Waals surface area contributed by atoms with E-state index in [0.717, 1.165) is 27.8 Å². The summed E-state index contributed by atoms with van der Waals surface area (Å²) in [6.45, 7) is 1.96. The molecule has 0 atom stereocenters. The minimum Gasteiger partial charge on any atom is -0.325 e. The van der Waals surface area contributed by atoms with Gasteiger partial charge in [0.15, 0.2) is 5.13 Å². The van der Waals surface area contributed by atoms with Crippen LogP contribution in [0.1, 0.15) is 36.8 Å². The monoisotopic (exact) mass is 429 g/mol. The summed E-state index contributed by atoms with van der Waals surface area (Å²) in [6, 6.07) is 25.1. The van der Waals surface area contributed by atoms with E-state index in [-0.39, 0.29) is 11.8 Å². The van der Waals surface area contributed by atoms with Crippen LogP contribution in [0.5, 0.6) is 0 Å². The van der Waals surface area contributed by atoms with Crippen molar-refractivity contribution in [2.75, 3.05) is 10.6 Å². The number of carbonyl (C=O) groups excluding carboxylic acids is 2. The van der Waals surface area contributed by atoms with Crippen LogP contribution >= 0.6 is 11.3 Å². The third-order valence-corrected chi connectivity index (χ3v) is 5.84. The largest absolute Gasteiger partial charge is 0.325 e. The molecule has 0 aliphatic heterocycles. The molecule has 3 aromatic carbocycles. The van der Waals surface area contributed by atoms with E-state index >= 15 is 0 Å². The molecule has 5 nitrogen and oxygen atoms in total. The van der Waals surface area contributed by atoms with Crippen molar-refractivity contribution in [3.8, 4) is 0 Å². The molecule has 4 aromatic rings. The van der Waals surface area contributed by atoms with Crippen LogP contribution in [-0.4, -0.2) is 16.8 Å². The Morgan fingerprint density at radius 1 is 0.903 bits per heavy atom. The summed E-state index contributed by atoms with van der Waals surface area (Å²) < 4.78 is 0.903. The van der Waals surface area contributed by atoms with E-state index in [0.29, 0.717) is 17.2 Å². The topological polar surface area (TPSA) is 71.1 Å². The van der Waals surface area contributed by atoms with Crippen LogP contribution < -0.4 is 10.6 Å². The normalized spacial score (nSPS) is 10.9. The molecule has 0 saturated carbocycles. The number of rotatable bonds is 7. The summed E-state index contributed by atoms with van der Waals surface area (Å²) >= 11 is 1.40. The van der Waals surface area contributed by atoms with Crippen LogP contribution in [0, 0.1) is 0 Å². The summed E-state index contributed by atoms with van der Waals surface area (Å²) in [4.78, 5) is 29.6. The molecule has 1 aromatic heterocycles. The quantitative estimate of drug-likeness (QED) is 0.390. The Hall–Kier alpha value is -3.51. The van der Waals surface area contributed by atoms with E-state index in [1.54, 1.807) is 0 Å². The van der Waals surface area contributed by atoms with Crippen molar-refractivity contribution in [1.82, 2.24) is 4.98 Å². The highest BCUT2D eigenvalue weighted by molar-refractivity contribution is 7.22. The van der Waals surface area contributed by atoms with Gasteiger partial charge < -0.3 is 10.6 Å². The highest BCUT2D eigenvalue weighted by Gasteiger charge is 2.22. The van der Waals surface area contributed by atoms with Gasteiger partial charge in [-0.2, -0.15) is 0 Å². The van der Waals surface area contributed by atoms with Gasteiger partial charge >= 0.3 is 0 Å². The van der Waals surface area contributed by atoms with Gasteiger partial charge in [0, 0.05) is 12.1 Å². The van der Waals surface area contributed by atoms with Crippen molar-refractivity contribution in [2.24, 2.45) is 0 Å². The Labute approximate surface area is 185 Å². The second kappa shape index (κ2) is 9.53. The Kier molecular flexibility index (Phi) is 6.38. The number of nitrogens with zero attached hydrogens (tertiary/aromatic N) is 1. The predicted octanol–water partition coefficient (Wildman–Crippen LogP) is 5.81. The fourth-order valence-corrected chi connectivity index (χ4v) is 4.39. The first-order valence-corrected chi connectivity index (χ1v) is 11.1. The van der Waals surface area contributed by atoms with Crippen LogP contribution in [0.25, 0.3) is 10.2 Å². The van der Waals surface area contributed by atoms with Crippen molar-refractivity contribution in [1.29, 1.82) is 0 Å². The first-order valence-electron chi connectivity index (χ1n) is 10.2. The maximum Gasteiger partial charge on any atom is 0.236 e. The zero-order valence-electron chi connectivity index (χ0n) is 17.2. The van der Waals surface area contributed by atoms with Crippen LogP contribution in [0.4, 0.5) is 10.8 Å². The minimum absolute atomic E-state index is 0.0383. The van der Waals surface area contributed by atoms with Gasteiger partial charge in [-0.25, -0.2) is 4.98 Å². The number of thiazole rings is 1. The van der Waals surface area contributed by atoms with Crippen LogP contribution in [0.3, 0.4) is 0 Å². The first-order chi connectivity index (χ1) is 15.1. The van der Waals surface area contributed by atoms with Crippen molar-refractivity contribution in [3.05, 3.63) is 90.0 Å². The van der Waals surface area contributed by atoms with Crippen molar-refractivity contribution in [2.45, 2.75) is 25.7 Å². The van der Waals surface area contributed by atoms with E-state index in [1.807, 2.05) is 85.8 Å². The summed E-state index contributed by atoms with van der Waals surface area (Å²) in [7, 11) is 0. The van der Waals surface area contributed by atoms with E-state index < -0.39 is 5.92 Å². The summed E-state index contributed by atoms with van der Waals surface area (Å²) in [5.74, 6) is -0.551. The molecule has 2 N–H and O–H groups in total. The molecule has 6 heteroatoms. The highest BCUT2D eigenvalue weighted by Crippen LogP contribution is 2.30. The maximum absolute atomic E-state index is 13.3. The SMILES string of the molecule is CCCC(=O)Nc1nc2ccc(NC(=O)C(c3ccccc3)c3ccccc3)cc2s1. The van der Waals surface area contributed by atoms with Gasteiger partial charge in [0.2, 0.25) is 11.8 Å². The summed E-state index contributed by atoms with van der Waals surface area (Å²) in [6.07, 6.45) is 1.26. The average Bonchev–Trinajstić information content (AvgIpc) is 3.17. The van der Waals surface area contributed by atoms with Gasteiger partial charge in [-0.3, -0.25) is 9.59 Å². The molecule has 31 heavy (non-hydrogen) atoms. The van der Waals surface area contributed by atoms with Gasteiger partial charge in [-0.15, -0.1) is 0 Å². The lowest BCUT2D eigenvalue weighted by Crippen LogP contribution is -2.22. The third kappa shape index (κ3) is 4.98. The number of benzene rings is 3. The molecule has 0 radical (unpaired) electrons. The van der Waals surface area contributed by atoms with Gasteiger partial charge in [0.25, 0.3) is 0 Å². The van der Waals surface area contributed by atoms with Crippen molar-refractivity contribution < 1.29 is 9.59 Å². The molecule has 1 heterocycles. The first kappa shape index (κ1) is 20.8. The predicted molar refractivity (Wildman–Crippen MR) is 127 cm³/mol. The van der Waals surface area contributed by atoms with Crippen LogP contribution in [0.2, 0.25) is 0 Å². The van der Waals surface area contributed by atoms with Crippen LogP contribution in [-0.2, 0) is 9.59 Å². The molecule has 0 aliphatic rings. The summed E-state index contributed by atoms with van der Waals surface area (Å²) in [5.41, 5.74) is 3.36. The molecule has 0 fully saturated rings. The molecular weight excluding hydrogens is 406 g/mol. The van der Waals surface area contributed by atoms with Crippen molar-refractivity contribution >= 4 is 44.2 Å². The van der Waals surface area contributed by atoms with E-state index in [4.69, 9.17) is 0 Å². The Morgan fingerprint density at radius 2 is 1.55 bits per heavy atom. The Morgan fingerprint density at radius 3 is 2.16 bits per heavy atom. The number of anilines is 2. The lowest BCUT2D eigenvalue weighted by Gasteiger charge is -2.18. The fraction of sp³-hybridized carbons (Fsp3) is 0.160.